The summed E-state index contributed by atoms with van der Waals surface area (Å²) in [6.07, 6.45) is 5.85. The number of rotatable bonds is 2. The molecule has 1 aromatic rings. The molecule has 14 heavy (non-hydrogen) atoms. The van der Waals surface area contributed by atoms with E-state index in [0.717, 1.165) is 5.69 Å². The molecule has 0 saturated heterocycles. The average Bonchev–Trinajstić information content (AvgIpc) is 2.64. The normalized spacial score (nSPS) is 19.1. The third-order valence-electron chi connectivity index (χ3n) is 2.35. The van der Waals surface area contributed by atoms with Crippen LogP contribution in [0.25, 0.3) is 6.08 Å². The van der Waals surface area contributed by atoms with Gasteiger partial charge in [-0.25, -0.2) is 0 Å². The molecule has 2 heterocycles. The van der Waals surface area contributed by atoms with Gasteiger partial charge in [-0.2, -0.15) is 0 Å². The SMILES string of the molecule is CCOC(=O)C1C=Cc2cccn2C1. The van der Waals surface area contributed by atoms with Crippen LogP contribution in [-0.4, -0.2) is 17.1 Å². The number of nitrogens with zero attached hydrogens (tertiary/aromatic N) is 1. The van der Waals surface area contributed by atoms with Crippen molar-refractivity contribution in [1.29, 1.82) is 0 Å². The third kappa shape index (κ3) is 1.58. The summed E-state index contributed by atoms with van der Waals surface area (Å²) in [6.45, 7) is 2.96. The van der Waals surface area contributed by atoms with Crippen LogP contribution >= 0.6 is 0 Å². The van der Waals surface area contributed by atoms with Crippen molar-refractivity contribution in [2.24, 2.45) is 5.92 Å². The van der Waals surface area contributed by atoms with E-state index in [-0.39, 0.29) is 11.9 Å². The summed E-state index contributed by atoms with van der Waals surface area (Å²) in [7, 11) is 0. The van der Waals surface area contributed by atoms with Gasteiger partial charge in [0.2, 0.25) is 0 Å². The first-order valence-corrected chi connectivity index (χ1v) is 4.81. The Morgan fingerprint density at radius 1 is 1.71 bits per heavy atom. The van der Waals surface area contributed by atoms with Crippen LogP contribution in [0.15, 0.2) is 24.4 Å². The molecule has 0 N–H and O–H groups in total. The Morgan fingerprint density at radius 2 is 2.57 bits per heavy atom. The Balaban J connectivity index is 2.10. The molecular weight excluding hydrogens is 178 g/mol. The van der Waals surface area contributed by atoms with Gasteiger partial charge in [-0.3, -0.25) is 4.79 Å². The van der Waals surface area contributed by atoms with Crippen molar-refractivity contribution >= 4 is 12.0 Å². The number of fused-ring (bicyclic) bond motifs is 1. The molecule has 0 spiro atoms. The maximum atomic E-state index is 11.4. The van der Waals surface area contributed by atoms with Gasteiger partial charge in [0.15, 0.2) is 0 Å². The van der Waals surface area contributed by atoms with Gasteiger partial charge in [-0.05, 0) is 25.1 Å². The highest BCUT2D eigenvalue weighted by atomic mass is 16.5. The molecule has 0 aliphatic carbocycles. The van der Waals surface area contributed by atoms with Gasteiger partial charge in [0.25, 0.3) is 0 Å². The molecule has 3 nitrogen and oxygen atoms in total. The summed E-state index contributed by atoms with van der Waals surface area (Å²) in [6, 6.07) is 4.01. The fourth-order valence-electron chi connectivity index (χ4n) is 1.63. The zero-order valence-corrected chi connectivity index (χ0v) is 8.14. The first-order valence-electron chi connectivity index (χ1n) is 4.81. The minimum atomic E-state index is -0.136. The van der Waals surface area contributed by atoms with Crippen molar-refractivity contribution in [2.45, 2.75) is 13.5 Å². The molecule has 0 aromatic carbocycles. The molecule has 1 unspecified atom stereocenters. The highest BCUT2D eigenvalue weighted by Gasteiger charge is 2.20. The molecular formula is C11H13NO2. The number of aromatic nitrogens is 1. The lowest BCUT2D eigenvalue weighted by Crippen LogP contribution is -2.23. The monoisotopic (exact) mass is 191 g/mol. The molecule has 0 saturated carbocycles. The van der Waals surface area contributed by atoms with E-state index in [1.54, 1.807) is 0 Å². The van der Waals surface area contributed by atoms with Gasteiger partial charge in [0, 0.05) is 18.4 Å². The zero-order valence-electron chi connectivity index (χ0n) is 8.14. The zero-order chi connectivity index (χ0) is 9.97. The minimum Gasteiger partial charge on any atom is -0.465 e. The average molecular weight is 191 g/mol. The largest absolute Gasteiger partial charge is 0.465 e. The lowest BCUT2D eigenvalue weighted by molar-refractivity contribution is -0.146. The number of ether oxygens (including phenoxy) is 1. The number of esters is 1. The van der Waals surface area contributed by atoms with E-state index in [9.17, 15) is 4.79 Å². The lowest BCUT2D eigenvalue weighted by Gasteiger charge is -2.17. The summed E-state index contributed by atoms with van der Waals surface area (Å²) in [5.41, 5.74) is 1.14. The summed E-state index contributed by atoms with van der Waals surface area (Å²) < 4.78 is 7.03. The van der Waals surface area contributed by atoms with Gasteiger partial charge in [0.05, 0.1) is 12.5 Å². The van der Waals surface area contributed by atoms with Crippen LogP contribution in [0.1, 0.15) is 12.6 Å². The molecule has 1 aromatic heterocycles. The van der Waals surface area contributed by atoms with Crippen molar-refractivity contribution in [2.75, 3.05) is 6.61 Å². The molecule has 3 heteroatoms. The maximum absolute atomic E-state index is 11.4. The van der Waals surface area contributed by atoms with E-state index in [2.05, 4.69) is 4.57 Å². The smallest absolute Gasteiger partial charge is 0.314 e. The Morgan fingerprint density at radius 3 is 3.36 bits per heavy atom. The van der Waals surface area contributed by atoms with E-state index in [1.165, 1.54) is 0 Å². The van der Waals surface area contributed by atoms with Crippen LogP contribution in [0.4, 0.5) is 0 Å². The van der Waals surface area contributed by atoms with Crippen LogP contribution in [0.5, 0.6) is 0 Å². The lowest BCUT2D eigenvalue weighted by atomic mass is 10.1. The van der Waals surface area contributed by atoms with Gasteiger partial charge in [-0.15, -0.1) is 0 Å². The summed E-state index contributed by atoms with van der Waals surface area (Å²) >= 11 is 0. The topological polar surface area (TPSA) is 31.2 Å². The number of hydrogen-bond acceptors (Lipinski definition) is 2. The van der Waals surface area contributed by atoms with E-state index >= 15 is 0 Å². The van der Waals surface area contributed by atoms with Crippen LogP contribution in [0.2, 0.25) is 0 Å². The quantitative estimate of drug-likeness (QED) is 0.666. The van der Waals surface area contributed by atoms with Gasteiger partial charge >= 0.3 is 5.97 Å². The molecule has 0 fully saturated rings. The second-order valence-electron chi connectivity index (χ2n) is 3.30. The van der Waals surface area contributed by atoms with Crippen LogP contribution in [0, 0.1) is 5.92 Å². The van der Waals surface area contributed by atoms with Crippen LogP contribution < -0.4 is 0 Å². The number of carbonyl (C=O) groups excluding carboxylic acids is 1. The Hall–Kier alpha value is -1.51. The highest BCUT2D eigenvalue weighted by molar-refractivity contribution is 5.76. The molecule has 0 amide bonds. The van der Waals surface area contributed by atoms with E-state index in [4.69, 9.17) is 4.74 Å². The Kier molecular flexibility index (Phi) is 2.39. The number of hydrogen-bond donors (Lipinski definition) is 0. The van der Waals surface area contributed by atoms with E-state index < -0.39 is 0 Å². The second-order valence-corrected chi connectivity index (χ2v) is 3.30. The fraction of sp³-hybridized carbons (Fsp3) is 0.364. The van der Waals surface area contributed by atoms with Gasteiger partial charge in [0.1, 0.15) is 0 Å². The molecule has 1 aliphatic rings. The van der Waals surface area contributed by atoms with E-state index in [0.29, 0.717) is 13.2 Å². The second kappa shape index (κ2) is 3.70. The van der Waals surface area contributed by atoms with Gasteiger partial charge < -0.3 is 9.30 Å². The van der Waals surface area contributed by atoms with Crippen molar-refractivity contribution < 1.29 is 9.53 Å². The first-order chi connectivity index (χ1) is 6.81. The van der Waals surface area contributed by atoms with E-state index in [1.807, 2.05) is 37.4 Å². The predicted molar refractivity (Wildman–Crippen MR) is 53.6 cm³/mol. The van der Waals surface area contributed by atoms with Crippen molar-refractivity contribution in [3.63, 3.8) is 0 Å². The minimum absolute atomic E-state index is 0.130. The summed E-state index contributed by atoms with van der Waals surface area (Å²) in [4.78, 5) is 11.4. The Labute approximate surface area is 83.0 Å². The van der Waals surface area contributed by atoms with Crippen molar-refractivity contribution in [1.82, 2.24) is 4.57 Å². The summed E-state index contributed by atoms with van der Waals surface area (Å²) in [5.74, 6) is -0.266. The third-order valence-corrected chi connectivity index (χ3v) is 2.35. The predicted octanol–water partition coefficient (Wildman–Crippen LogP) is 1.69. The number of carbonyl (C=O) groups is 1. The van der Waals surface area contributed by atoms with Crippen LogP contribution in [-0.2, 0) is 16.1 Å². The molecule has 74 valence electrons. The Bertz CT molecular complexity index is 365. The fourth-order valence-corrected chi connectivity index (χ4v) is 1.63. The summed E-state index contributed by atoms with van der Waals surface area (Å²) in [5, 5.41) is 0. The maximum Gasteiger partial charge on any atom is 0.314 e. The molecule has 2 rings (SSSR count). The van der Waals surface area contributed by atoms with Crippen molar-refractivity contribution in [3.05, 3.63) is 30.1 Å². The molecule has 1 atom stereocenters. The molecule has 1 aliphatic heterocycles. The standard InChI is InChI=1S/C11H13NO2/c1-2-14-11(13)9-5-6-10-4-3-7-12(10)8-9/h3-7,9H,2,8H2,1H3. The molecule has 0 radical (unpaired) electrons. The highest BCUT2D eigenvalue weighted by Crippen LogP contribution is 2.18. The van der Waals surface area contributed by atoms with Crippen LogP contribution in [0.3, 0.4) is 0 Å². The molecule has 0 bridgehead atoms. The first kappa shape index (κ1) is 9.06. The van der Waals surface area contributed by atoms with Gasteiger partial charge in [-0.1, -0.05) is 6.08 Å². The van der Waals surface area contributed by atoms with Crippen molar-refractivity contribution in [3.8, 4) is 0 Å².